The van der Waals surface area contributed by atoms with Crippen LogP contribution >= 0.6 is 0 Å². The minimum atomic E-state index is 0.340. The summed E-state index contributed by atoms with van der Waals surface area (Å²) >= 11 is 0. The molecule has 1 aliphatic carbocycles. The Balaban J connectivity index is 1.83. The maximum Gasteiger partial charge on any atom is 0.169 e. The molecule has 2 aromatic rings. The van der Waals surface area contributed by atoms with Gasteiger partial charge in [0.1, 0.15) is 0 Å². The number of methoxy groups -OCH3 is 1. The fourth-order valence-electron chi connectivity index (χ4n) is 2.60. The van der Waals surface area contributed by atoms with Crippen molar-refractivity contribution in [2.45, 2.75) is 31.4 Å². The standard InChI is InChI=1S/C14H18N4O/c1-19-10-7-6-9(8-10)16-14-13(15)17-11-4-2-3-5-12(11)18-14/h2-5,9-10H,6-8H2,1H3,(H2,15,17)(H,16,18). The molecule has 0 radical (unpaired) electrons. The quantitative estimate of drug-likeness (QED) is 0.883. The number of fused-ring (bicyclic) bond motifs is 1. The van der Waals surface area contributed by atoms with Gasteiger partial charge in [0.2, 0.25) is 0 Å². The zero-order valence-corrected chi connectivity index (χ0v) is 11.0. The van der Waals surface area contributed by atoms with E-state index >= 15 is 0 Å². The van der Waals surface area contributed by atoms with Crippen LogP contribution in [-0.4, -0.2) is 29.2 Å². The van der Waals surface area contributed by atoms with Gasteiger partial charge in [-0.25, -0.2) is 9.97 Å². The van der Waals surface area contributed by atoms with Crippen molar-refractivity contribution in [2.75, 3.05) is 18.2 Å². The normalized spacial score (nSPS) is 22.8. The predicted octanol–water partition coefficient (Wildman–Crippen LogP) is 2.19. The van der Waals surface area contributed by atoms with Crippen LogP contribution in [0.4, 0.5) is 11.6 Å². The molecule has 3 N–H and O–H groups in total. The van der Waals surface area contributed by atoms with Gasteiger partial charge >= 0.3 is 0 Å². The first kappa shape index (κ1) is 12.2. The number of hydrogen-bond acceptors (Lipinski definition) is 5. The SMILES string of the molecule is COC1CCC(Nc2nc3ccccc3nc2N)C1. The molecule has 0 saturated heterocycles. The van der Waals surface area contributed by atoms with E-state index in [0.29, 0.717) is 23.8 Å². The van der Waals surface area contributed by atoms with E-state index in [1.807, 2.05) is 24.3 Å². The van der Waals surface area contributed by atoms with Gasteiger partial charge in [-0.05, 0) is 31.4 Å². The maximum absolute atomic E-state index is 5.96. The van der Waals surface area contributed by atoms with Crippen LogP contribution < -0.4 is 11.1 Å². The third-order valence-corrected chi connectivity index (χ3v) is 3.66. The number of para-hydroxylation sites is 2. The molecule has 100 valence electrons. The number of anilines is 2. The summed E-state index contributed by atoms with van der Waals surface area (Å²) in [6.45, 7) is 0. The van der Waals surface area contributed by atoms with Crippen molar-refractivity contribution < 1.29 is 4.74 Å². The number of nitrogens with one attached hydrogen (secondary N) is 1. The number of nitrogens with two attached hydrogens (primary N) is 1. The lowest BCUT2D eigenvalue weighted by Gasteiger charge is -2.15. The Bertz CT molecular complexity index is 587. The van der Waals surface area contributed by atoms with E-state index < -0.39 is 0 Å². The second-order valence-corrected chi connectivity index (χ2v) is 4.96. The van der Waals surface area contributed by atoms with Crippen molar-refractivity contribution in [3.8, 4) is 0 Å². The first-order valence-electron chi connectivity index (χ1n) is 6.58. The lowest BCUT2D eigenvalue weighted by Crippen LogP contribution is -2.19. The number of benzene rings is 1. The molecule has 0 amide bonds. The summed E-state index contributed by atoms with van der Waals surface area (Å²) in [5.74, 6) is 1.14. The van der Waals surface area contributed by atoms with E-state index in [1.165, 1.54) is 0 Å². The summed E-state index contributed by atoms with van der Waals surface area (Å²) in [7, 11) is 1.76. The fraction of sp³-hybridized carbons (Fsp3) is 0.429. The van der Waals surface area contributed by atoms with Gasteiger partial charge in [0.05, 0.1) is 17.1 Å². The van der Waals surface area contributed by atoms with E-state index in [1.54, 1.807) is 7.11 Å². The Morgan fingerprint density at radius 1 is 1.21 bits per heavy atom. The molecule has 5 heteroatoms. The number of nitrogen functional groups attached to an aromatic ring is 1. The largest absolute Gasteiger partial charge is 0.381 e. The van der Waals surface area contributed by atoms with Gasteiger partial charge in [0.15, 0.2) is 11.6 Å². The number of nitrogens with zero attached hydrogens (tertiary/aromatic N) is 2. The summed E-state index contributed by atoms with van der Waals surface area (Å²) in [5.41, 5.74) is 7.65. The average molecular weight is 258 g/mol. The highest BCUT2D eigenvalue weighted by molar-refractivity contribution is 5.79. The third kappa shape index (κ3) is 2.46. The van der Waals surface area contributed by atoms with Crippen LogP contribution in [0.2, 0.25) is 0 Å². The number of rotatable bonds is 3. The molecule has 1 aliphatic rings. The highest BCUT2D eigenvalue weighted by Crippen LogP contribution is 2.26. The third-order valence-electron chi connectivity index (χ3n) is 3.66. The Morgan fingerprint density at radius 2 is 1.95 bits per heavy atom. The van der Waals surface area contributed by atoms with Gasteiger partial charge in [-0.1, -0.05) is 12.1 Å². The van der Waals surface area contributed by atoms with Gasteiger partial charge in [0, 0.05) is 13.2 Å². The highest BCUT2D eigenvalue weighted by atomic mass is 16.5. The van der Waals surface area contributed by atoms with E-state index in [-0.39, 0.29) is 0 Å². The molecule has 1 aromatic carbocycles. The summed E-state index contributed by atoms with van der Waals surface area (Å²) in [4.78, 5) is 8.93. The van der Waals surface area contributed by atoms with Gasteiger partial charge in [-0.3, -0.25) is 0 Å². The predicted molar refractivity (Wildman–Crippen MR) is 76.0 cm³/mol. The van der Waals surface area contributed by atoms with Crippen LogP contribution in [0.1, 0.15) is 19.3 Å². The van der Waals surface area contributed by atoms with Crippen molar-refractivity contribution in [3.63, 3.8) is 0 Å². The Morgan fingerprint density at radius 3 is 2.63 bits per heavy atom. The number of hydrogen-bond donors (Lipinski definition) is 2. The summed E-state index contributed by atoms with van der Waals surface area (Å²) in [5, 5.41) is 3.39. The van der Waals surface area contributed by atoms with Crippen LogP contribution in [-0.2, 0) is 4.74 Å². The fourth-order valence-corrected chi connectivity index (χ4v) is 2.60. The zero-order chi connectivity index (χ0) is 13.2. The van der Waals surface area contributed by atoms with E-state index in [2.05, 4.69) is 15.3 Å². The molecular formula is C14H18N4O. The Labute approximate surface area is 112 Å². The Hall–Kier alpha value is -1.88. The first-order valence-corrected chi connectivity index (χ1v) is 6.58. The van der Waals surface area contributed by atoms with Crippen molar-refractivity contribution in [3.05, 3.63) is 24.3 Å². The molecular weight excluding hydrogens is 240 g/mol. The molecule has 5 nitrogen and oxygen atoms in total. The van der Waals surface area contributed by atoms with Crippen LogP contribution in [0.5, 0.6) is 0 Å². The van der Waals surface area contributed by atoms with Crippen LogP contribution in [0.25, 0.3) is 11.0 Å². The molecule has 0 aliphatic heterocycles. The van der Waals surface area contributed by atoms with E-state index in [0.717, 1.165) is 30.3 Å². The molecule has 1 heterocycles. The molecule has 2 unspecified atom stereocenters. The summed E-state index contributed by atoms with van der Waals surface area (Å²) in [6, 6.07) is 8.11. The molecule has 1 fully saturated rings. The van der Waals surface area contributed by atoms with Crippen molar-refractivity contribution >= 4 is 22.7 Å². The van der Waals surface area contributed by atoms with E-state index in [4.69, 9.17) is 10.5 Å². The van der Waals surface area contributed by atoms with Crippen LogP contribution in [0, 0.1) is 0 Å². The number of aromatic nitrogens is 2. The summed E-state index contributed by atoms with van der Waals surface area (Å²) in [6.07, 6.45) is 3.48. The van der Waals surface area contributed by atoms with Gasteiger partial charge in [-0.15, -0.1) is 0 Å². The first-order chi connectivity index (χ1) is 9.26. The molecule has 1 saturated carbocycles. The Kier molecular flexibility index (Phi) is 3.21. The van der Waals surface area contributed by atoms with Crippen molar-refractivity contribution in [2.24, 2.45) is 0 Å². The maximum atomic E-state index is 5.96. The smallest absolute Gasteiger partial charge is 0.169 e. The second-order valence-electron chi connectivity index (χ2n) is 4.96. The molecule has 19 heavy (non-hydrogen) atoms. The van der Waals surface area contributed by atoms with E-state index in [9.17, 15) is 0 Å². The minimum Gasteiger partial charge on any atom is -0.381 e. The highest BCUT2D eigenvalue weighted by Gasteiger charge is 2.25. The molecule has 0 bridgehead atoms. The average Bonchev–Trinajstić information content (AvgIpc) is 2.87. The molecule has 3 rings (SSSR count). The van der Waals surface area contributed by atoms with Crippen LogP contribution in [0.15, 0.2) is 24.3 Å². The van der Waals surface area contributed by atoms with Gasteiger partial charge in [-0.2, -0.15) is 0 Å². The van der Waals surface area contributed by atoms with Gasteiger partial charge < -0.3 is 15.8 Å². The number of ether oxygens (including phenoxy) is 1. The second kappa shape index (κ2) is 5.01. The summed E-state index contributed by atoms with van der Waals surface area (Å²) < 4.78 is 5.37. The molecule has 2 atom stereocenters. The monoisotopic (exact) mass is 258 g/mol. The lowest BCUT2D eigenvalue weighted by atomic mass is 10.2. The van der Waals surface area contributed by atoms with Crippen molar-refractivity contribution in [1.82, 2.24) is 9.97 Å². The topological polar surface area (TPSA) is 73.1 Å². The molecule has 1 aromatic heterocycles. The zero-order valence-electron chi connectivity index (χ0n) is 11.0. The van der Waals surface area contributed by atoms with Crippen LogP contribution in [0.3, 0.4) is 0 Å². The minimum absolute atomic E-state index is 0.340. The molecule has 0 spiro atoms. The van der Waals surface area contributed by atoms with Crippen molar-refractivity contribution in [1.29, 1.82) is 0 Å². The van der Waals surface area contributed by atoms with Gasteiger partial charge in [0.25, 0.3) is 0 Å². The lowest BCUT2D eigenvalue weighted by molar-refractivity contribution is 0.108.